The molecule has 35 heavy (non-hydrogen) atoms. The van der Waals surface area contributed by atoms with Crippen molar-refractivity contribution in [1.29, 1.82) is 0 Å². The van der Waals surface area contributed by atoms with Gasteiger partial charge in [-0.25, -0.2) is 4.90 Å². The molecule has 3 aliphatic heterocycles. The molecule has 3 heterocycles. The maximum atomic E-state index is 14.0. The molecule has 0 saturated carbocycles. The summed E-state index contributed by atoms with van der Waals surface area (Å²) in [7, 11) is 1.56. The fourth-order valence-corrected chi connectivity index (χ4v) is 5.79. The highest BCUT2D eigenvalue weighted by atomic mass is 35.5. The molecule has 2 fully saturated rings. The molecule has 4 unspecified atom stereocenters. The van der Waals surface area contributed by atoms with E-state index in [9.17, 15) is 14.4 Å². The van der Waals surface area contributed by atoms with Crippen LogP contribution in [0.15, 0.2) is 78.9 Å². The molecule has 6 nitrogen and oxygen atoms in total. The second-order valence-electron chi connectivity index (χ2n) is 8.90. The highest BCUT2D eigenvalue weighted by Gasteiger charge is 2.64. The summed E-state index contributed by atoms with van der Waals surface area (Å²) in [6.07, 6.45) is 3.90. The number of imide groups is 1. The number of nitrogens with zero attached hydrogens (tertiary/aromatic N) is 2. The number of Topliss-reactive ketones (excluding diaryl/α,β-unsaturated/α-hetero) is 1. The number of halogens is 1. The van der Waals surface area contributed by atoms with Crippen molar-refractivity contribution in [2.24, 2.45) is 11.8 Å². The van der Waals surface area contributed by atoms with Crippen LogP contribution in [0, 0.1) is 11.8 Å². The summed E-state index contributed by atoms with van der Waals surface area (Å²) in [4.78, 5) is 44.7. The zero-order valence-corrected chi connectivity index (χ0v) is 19.6. The molecule has 3 aromatic carbocycles. The normalized spacial score (nSPS) is 24.3. The number of hydrogen-bond acceptors (Lipinski definition) is 5. The molecule has 3 aliphatic rings. The van der Waals surface area contributed by atoms with Crippen LogP contribution in [0.1, 0.15) is 15.9 Å². The smallest absolute Gasteiger partial charge is 0.240 e. The summed E-state index contributed by atoms with van der Waals surface area (Å²) in [5.74, 6) is -1.77. The van der Waals surface area contributed by atoms with Crippen LogP contribution in [0.2, 0.25) is 5.02 Å². The monoisotopic (exact) mass is 484 g/mol. The molecule has 2 saturated heterocycles. The van der Waals surface area contributed by atoms with Crippen LogP contribution < -0.4 is 14.5 Å². The third kappa shape index (κ3) is 3.21. The fraction of sp³-hybridized carbons (Fsp3) is 0.179. The first-order chi connectivity index (χ1) is 17.0. The Kier molecular flexibility index (Phi) is 5.00. The molecule has 0 N–H and O–H groups in total. The Morgan fingerprint density at radius 2 is 1.66 bits per heavy atom. The van der Waals surface area contributed by atoms with Crippen molar-refractivity contribution in [3.8, 4) is 5.75 Å². The topological polar surface area (TPSA) is 66.9 Å². The Morgan fingerprint density at radius 1 is 0.914 bits per heavy atom. The first kappa shape index (κ1) is 21.6. The van der Waals surface area contributed by atoms with E-state index in [0.29, 0.717) is 22.0 Å². The highest BCUT2D eigenvalue weighted by molar-refractivity contribution is 6.31. The van der Waals surface area contributed by atoms with Gasteiger partial charge in [0, 0.05) is 16.3 Å². The van der Waals surface area contributed by atoms with E-state index in [-0.39, 0.29) is 17.6 Å². The van der Waals surface area contributed by atoms with Gasteiger partial charge in [-0.1, -0.05) is 48.0 Å². The number of amides is 2. The zero-order valence-electron chi connectivity index (χ0n) is 18.8. The number of benzene rings is 3. The number of ether oxygens (including phenoxy) is 1. The lowest BCUT2D eigenvalue weighted by Crippen LogP contribution is -2.48. The second kappa shape index (κ2) is 8.10. The molecule has 0 radical (unpaired) electrons. The van der Waals surface area contributed by atoms with E-state index in [1.54, 1.807) is 55.6 Å². The van der Waals surface area contributed by atoms with Crippen LogP contribution in [0.3, 0.4) is 0 Å². The largest absolute Gasteiger partial charge is 0.497 e. The van der Waals surface area contributed by atoms with E-state index < -0.39 is 23.9 Å². The van der Waals surface area contributed by atoms with E-state index in [1.807, 2.05) is 41.3 Å². The Bertz CT molecular complexity index is 1400. The zero-order chi connectivity index (χ0) is 24.3. The van der Waals surface area contributed by atoms with Crippen molar-refractivity contribution < 1.29 is 19.1 Å². The summed E-state index contributed by atoms with van der Waals surface area (Å²) in [6, 6.07) is 20.0. The molecule has 0 aliphatic carbocycles. The lowest BCUT2D eigenvalue weighted by atomic mass is 9.86. The standard InChI is InChI=1S/C28H21ClN2O4/c1-35-20-12-9-17(10-13-20)26(32)25-24-23(22-14-11-16-5-2-3-8-21(16)31(22)25)27(33)30(28(24)34)19-7-4-6-18(29)15-19/h2-15,22-25H,1H3. The van der Waals surface area contributed by atoms with E-state index in [0.717, 1.165) is 11.3 Å². The lowest BCUT2D eigenvalue weighted by molar-refractivity contribution is -0.122. The van der Waals surface area contributed by atoms with Crippen molar-refractivity contribution in [3.63, 3.8) is 0 Å². The highest BCUT2D eigenvalue weighted by Crippen LogP contribution is 2.49. The fourth-order valence-electron chi connectivity index (χ4n) is 5.61. The number of ketones is 1. The van der Waals surface area contributed by atoms with Crippen molar-refractivity contribution in [2.45, 2.75) is 12.1 Å². The summed E-state index contributed by atoms with van der Waals surface area (Å²) in [6.45, 7) is 0. The van der Waals surface area contributed by atoms with E-state index in [4.69, 9.17) is 16.3 Å². The summed E-state index contributed by atoms with van der Waals surface area (Å²) < 4.78 is 5.23. The maximum absolute atomic E-state index is 14.0. The molecule has 4 atom stereocenters. The number of fused-ring (bicyclic) bond motifs is 5. The third-order valence-corrected chi connectivity index (χ3v) is 7.36. The summed E-state index contributed by atoms with van der Waals surface area (Å²) in [5, 5.41) is 0.430. The molecule has 0 aromatic heterocycles. The minimum Gasteiger partial charge on any atom is -0.497 e. The molecule has 7 heteroatoms. The molecular weight excluding hydrogens is 464 g/mol. The Labute approximate surface area is 207 Å². The van der Waals surface area contributed by atoms with Crippen molar-refractivity contribution >= 4 is 46.6 Å². The van der Waals surface area contributed by atoms with Gasteiger partial charge in [0.25, 0.3) is 0 Å². The maximum Gasteiger partial charge on any atom is 0.240 e. The van der Waals surface area contributed by atoms with Crippen molar-refractivity contribution in [2.75, 3.05) is 16.9 Å². The van der Waals surface area contributed by atoms with Crippen LogP contribution >= 0.6 is 11.6 Å². The predicted molar refractivity (Wildman–Crippen MR) is 134 cm³/mol. The molecule has 0 bridgehead atoms. The van der Waals surface area contributed by atoms with Gasteiger partial charge in [-0.15, -0.1) is 0 Å². The van der Waals surface area contributed by atoms with Crippen LogP contribution in [0.4, 0.5) is 11.4 Å². The molecule has 2 amide bonds. The van der Waals surface area contributed by atoms with Gasteiger partial charge >= 0.3 is 0 Å². The van der Waals surface area contributed by atoms with E-state index >= 15 is 0 Å². The average molecular weight is 485 g/mol. The summed E-state index contributed by atoms with van der Waals surface area (Å²) in [5.41, 5.74) is 2.67. The molecular formula is C28H21ClN2O4. The van der Waals surface area contributed by atoms with Crippen LogP contribution in [-0.4, -0.2) is 36.8 Å². The number of anilines is 2. The van der Waals surface area contributed by atoms with Gasteiger partial charge in [0.1, 0.15) is 11.8 Å². The molecule has 0 spiro atoms. The van der Waals surface area contributed by atoms with Gasteiger partial charge in [0.2, 0.25) is 11.8 Å². The van der Waals surface area contributed by atoms with Gasteiger partial charge in [0.15, 0.2) is 5.78 Å². The Balaban J connectivity index is 1.48. The van der Waals surface area contributed by atoms with E-state index in [2.05, 4.69) is 0 Å². The lowest BCUT2D eigenvalue weighted by Gasteiger charge is -2.36. The molecule has 3 aromatic rings. The minimum absolute atomic E-state index is 0.204. The number of para-hydroxylation sites is 1. The number of carbonyl (C=O) groups excluding carboxylic acids is 3. The van der Waals surface area contributed by atoms with Gasteiger partial charge in [-0.2, -0.15) is 0 Å². The van der Waals surface area contributed by atoms with E-state index in [1.165, 1.54) is 4.90 Å². The first-order valence-electron chi connectivity index (χ1n) is 11.4. The predicted octanol–water partition coefficient (Wildman–Crippen LogP) is 4.62. The third-order valence-electron chi connectivity index (χ3n) is 7.12. The summed E-state index contributed by atoms with van der Waals surface area (Å²) >= 11 is 6.16. The second-order valence-corrected chi connectivity index (χ2v) is 9.33. The van der Waals surface area contributed by atoms with Crippen LogP contribution in [0.5, 0.6) is 5.75 Å². The number of rotatable bonds is 4. The molecule has 174 valence electrons. The van der Waals surface area contributed by atoms with Gasteiger partial charge in [0.05, 0.1) is 30.7 Å². The number of hydrogen-bond donors (Lipinski definition) is 0. The van der Waals surface area contributed by atoms with Crippen LogP contribution in [0.25, 0.3) is 6.08 Å². The van der Waals surface area contributed by atoms with Gasteiger partial charge in [-0.05, 0) is 54.1 Å². The number of carbonyl (C=O) groups is 3. The Hall–Kier alpha value is -3.90. The Morgan fingerprint density at radius 3 is 2.40 bits per heavy atom. The van der Waals surface area contributed by atoms with Crippen molar-refractivity contribution in [3.05, 3.63) is 95.0 Å². The number of methoxy groups -OCH3 is 1. The average Bonchev–Trinajstić information content (AvgIpc) is 3.36. The van der Waals surface area contributed by atoms with Crippen molar-refractivity contribution in [1.82, 2.24) is 0 Å². The minimum atomic E-state index is -0.829. The SMILES string of the molecule is COc1ccc(C(=O)C2C3C(=O)N(c4cccc(Cl)c4)C(=O)C3C3C=Cc4ccccc4N32)cc1. The van der Waals surface area contributed by atoms with Crippen LogP contribution in [-0.2, 0) is 9.59 Å². The van der Waals surface area contributed by atoms with Gasteiger partial charge in [-0.3, -0.25) is 14.4 Å². The quantitative estimate of drug-likeness (QED) is 0.399. The molecule has 6 rings (SSSR count). The first-order valence-corrected chi connectivity index (χ1v) is 11.7. The van der Waals surface area contributed by atoms with Gasteiger partial charge < -0.3 is 9.64 Å².